The van der Waals surface area contributed by atoms with Crippen LogP contribution in [0, 0.1) is 6.92 Å². The summed E-state index contributed by atoms with van der Waals surface area (Å²) in [4.78, 5) is 12.8. The summed E-state index contributed by atoms with van der Waals surface area (Å²) in [7, 11) is 0. The number of alkyl halides is 2. The summed E-state index contributed by atoms with van der Waals surface area (Å²) in [6.45, 7) is 1.51. The highest BCUT2D eigenvalue weighted by molar-refractivity contribution is 5.87. The first-order valence-corrected chi connectivity index (χ1v) is 9.98. The van der Waals surface area contributed by atoms with Gasteiger partial charge >= 0.3 is 5.97 Å². The van der Waals surface area contributed by atoms with E-state index in [0.717, 1.165) is 0 Å². The number of nitrogens with two attached hydrogens (primary N) is 3. The molecule has 1 aliphatic rings. The zero-order valence-corrected chi connectivity index (χ0v) is 17.6. The van der Waals surface area contributed by atoms with Gasteiger partial charge in [-0.2, -0.15) is 0 Å². The van der Waals surface area contributed by atoms with Gasteiger partial charge < -0.3 is 32.3 Å². The average molecular weight is 444 g/mol. The zero-order valence-electron chi connectivity index (χ0n) is 17.6. The van der Waals surface area contributed by atoms with Gasteiger partial charge in [-0.05, 0) is 48.4 Å². The quantitative estimate of drug-likeness (QED) is 0.447. The second-order valence-electron chi connectivity index (χ2n) is 7.84. The van der Waals surface area contributed by atoms with Crippen molar-refractivity contribution in [2.45, 2.75) is 25.2 Å². The number of allylic oxidation sites excluding steroid dienone is 1. The van der Waals surface area contributed by atoms with E-state index in [2.05, 4.69) is 0 Å². The van der Waals surface area contributed by atoms with E-state index >= 15 is 0 Å². The molecule has 0 aromatic heterocycles. The first-order chi connectivity index (χ1) is 15.0. The van der Waals surface area contributed by atoms with Crippen molar-refractivity contribution in [3.05, 3.63) is 82.3 Å². The molecule has 32 heavy (non-hydrogen) atoms. The number of hydrogen-bond donors (Lipinski definition) is 5. The van der Waals surface area contributed by atoms with Gasteiger partial charge in [0, 0.05) is 30.8 Å². The molecule has 3 rings (SSSR count). The van der Waals surface area contributed by atoms with Crippen molar-refractivity contribution in [1.82, 2.24) is 4.90 Å². The molecule has 170 valence electrons. The average Bonchev–Trinajstić information content (AvgIpc) is 2.72. The Labute approximate surface area is 184 Å². The molecule has 1 heterocycles. The highest BCUT2D eigenvalue weighted by Crippen LogP contribution is 2.42. The fourth-order valence-electron chi connectivity index (χ4n) is 3.95. The molecular weight excluding hydrogens is 418 g/mol. The zero-order chi connectivity index (χ0) is 23.6. The maximum atomic E-state index is 14.9. The van der Waals surface area contributed by atoms with Crippen LogP contribution in [0.5, 0.6) is 5.75 Å². The number of aryl methyl sites for hydroxylation is 1. The second kappa shape index (κ2) is 8.78. The van der Waals surface area contributed by atoms with E-state index < -0.39 is 24.2 Å². The number of aromatic hydroxyl groups is 1. The number of carboxylic acid groups (broad SMARTS) is 1. The molecule has 0 aliphatic carbocycles. The largest absolute Gasteiger partial charge is 0.507 e. The monoisotopic (exact) mass is 444 g/mol. The maximum absolute atomic E-state index is 14.9. The SMILES string of the molecule is Cc1cc(C(=O)O)ccc1C1CN(C(/C=C(\N)c2ccccc2O)=C(N)N)CCC1(F)F. The highest BCUT2D eigenvalue weighted by atomic mass is 19.3. The van der Waals surface area contributed by atoms with Gasteiger partial charge in [-0.15, -0.1) is 0 Å². The van der Waals surface area contributed by atoms with Crippen LogP contribution < -0.4 is 17.2 Å². The van der Waals surface area contributed by atoms with Gasteiger partial charge in [-0.25, -0.2) is 13.6 Å². The van der Waals surface area contributed by atoms with Gasteiger partial charge in [0.2, 0.25) is 0 Å². The van der Waals surface area contributed by atoms with Crippen LogP contribution in [0.4, 0.5) is 8.78 Å². The molecule has 0 saturated carbocycles. The molecular formula is C23H26F2N4O3. The van der Waals surface area contributed by atoms with E-state index in [9.17, 15) is 18.7 Å². The Morgan fingerprint density at radius 2 is 1.88 bits per heavy atom. The van der Waals surface area contributed by atoms with Crippen LogP contribution >= 0.6 is 0 Å². The number of piperidine rings is 1. The third-order valence-corrected chi connectivity index (χ3v) is 5.66. The number of likely N-dealkylation sites (tertiary alicyclic amines) is 1. The van der Waals surface area contributed by atoms with Crippen molar-refractivity contribution < 1.29 is 23.8 Å². The lowest BCUT2D eigenvalue weighted by molar-refractivity contribution is -0.0694. The van der Waals surface area contributed by atoms with Crippen molar-refractivity contribution in [3.8, 4) is 5.75 Å². The molecule has 0 spiro atoms. The van der Waals surface area contributed by atoms with Crippen molar-refractivity contribution >= 4 is 11.7 Å². The number of carboxylic acids is 1. The van der Waals surface area contributed by atoms with Crippen LogP contribution in [-0.2, 0) is 0 Å². The van der Waals surface area contributed by atoms with Crippen molar-refractivity contribution in [2.75, 3.05) is 13.1 Å². The second-order valence-corrected chi connectivity index (χ2v) is 7.84. The number of hydrogen-bond acceptors (Lipinski definition) is 6. The first kappa shape index (κ1) is 22.9. The number of carbonyl (C=O) groups is 1. The molecule has 0 bridgehead atoms. The minimum atomic E-state index is -3.01. The molecule has 2 aromatic carbocycles. The van der Waals surface area contributed by atoms with Gasteiger partial charge in [0.15, 0.2) is 0 Å². The Kier molecular flexibility index (Phi) is 6.29. The summed E-state index contributed by atoms with van der Waals surface area (Å²) in [5.74, 6) is -5.46. The van der Waals surface area contributed by atoms with Gasteiger partial charge in [0.1, 0.15) is 11.6 Å². The molecule has 1 fully saturated rings. The number of halogens is 2. The lowest BCUT2D eigenvalue weighted by Crippen LogP contribution is -2.46. The Morgan fingerprint density at radius 3 is 2.47 bits per heavy atom. The molecule has 7 nitrogen and oxygen atoms in total. The van der Waals surface area contributed by atoms with E-state index in [1.54, 1.807) is 30.0 Å². The fourth-order valence-corrected chi connectivity index (χ4v) is 3.95. The molecule has 0 radical (unpaired) electrons. The number of nitrogens with zero attached hydrogens (tertiary/aromatic N) is 1. The summed E-state index contributed by atoms with van der Waals surface area (Å²) in [5.41, 5.74) is 19.6. The summed E-state index contributed by atoms with van der Waals surface area (Å²) in [5, 5.41) is 19.2. The van der Waals surface area contributed by atoms with Crippen LogP contribution in [-0.4, -0.2) is 40.1 Å². The Bertz CT molecular complexity index is 1090. The van der Waals surface area contributed by atoms with Gasteiger partial charge in [0.05, 0.1) is 17.2 Å². The summed E-state index contributed by atoms with van der Waals surface area (Å²) >= 11 is 0. The van der Waals surface area contributed by atoms with Crippen molar-refractivity contribution in [1.29, 1.82) is 0 Å². The standard InChI is InChI=1S/C23H26F2N4O3/c1-13-10-14(22(31)32)6-7-15(13)17-12-29(9-8-23(17,24)25)19(21(27)28)11-18(26)16-4-2-3-5-20(16)30/h2-7,10-11,17,30H,8-9,12,26-28H2,1H3,(H,31,32)/b18-11-. The van der Waals surface area contributed by atoms with E-state index in [-0.39, 0.29) is 41.6 Å². The minimum Gasteiger partial charge on any atom is -0.507 e. The smallest absolute Gasteiger partial charge is 0.335 e. The van der Waals surface area contributed by atoms with E-state index in [1.165, 1.54) is 30.3 Å². The summed E-state index contributed by atoms with van der Waals surface area (Å²) in [6.07, 6.45) is 1.02. The van der Waals surface area contributed by atoms with Crippen LogP contribution in [0.3, 0.4) is 0 Å². The van der Waals surface area contributed by atoms with E-state index in [1.807, 2.05) is 0 Å². The minimum absolute atomic E-state index is 0.00641. The van der Waals surface area contributed by atoms with Gasteiger partial charge in [0.25, 0.3) is 5.92 Å². The molecule has 1 unspecified atom stereocenters. The summed E-state index contributed by atoms with van der Waals surface area (Å²) < 4.78 is 29.8. The molecule has 0 amide bonds. The number of phenolic OH excluding ortho intramolecular Hbond substituents is 1. The Hall–Kier alpha value is -3.75. The molecule has 2 aromatic rings. The highest BCUT2D eigenvalue weighted by Gasteiger charge is 2.46. The molecule has 8 N–H and O–H groups in total. The van der Waals surface area contributed by atoms with Gasteiger partial charge in [-0.1, -0.05) is 18.2 Å². The van der Waals surface area contributed by atoms with Gasteiger partial charge in [-0.3, -0.25) is 0 Å². The number of rotatable bonds is 5. The van der Waals surface area contributed by atoms with Crippen LogP contribution in [0.2, 0.25) is 0 Å². The lowest BCUT2D eigenvalue weighted by Gasteiger charge is -2.41. The normalized spacial score (nSPS) is 18.3. The number of aromatic carboxylic acids is 1. The van der Waals surface area contributed by atoms with Crippen LogP contribution in [0.15, 0.2) is 60.1 Å². The molecule has 9 heteroatoms. The van der Waals surface area contributed by atoms with Crippen molar-refractivity contribution in [2.24, 2.45) is 17.2 Å². The topological polar surface area (TPSA) is 139 Å². The molecule has 1 saturated heterocycles. The van der Waals surface area contributed by atoms with E-state index in [0.29, 0.717) is 16.7 Å². The fraction of sp³-hybridized carbons (Fsp3) is 0.261. The van der Waals surface area contributed by atoms with Crippen LogP contribution in [0.25, 0.3) is 5.70 Å². The third kappa shape index (κ3) is 4.61. The molecule has 1 atom stereocenters. The first-order valence-electron chi connectivity index (χ1n) is 9.98. The van der Waals surface area contributed by atoms with Crippen molar-refractivity contribution in [3.63, 3.8) is 0 Å². The van der Waals surface area contributed by atoms with E-state index in [4.69, 9.17) is 22.3 Å². The predicted octanol–water partition coefficient (Wildman–Crippen LogP) is 2.91. The van der Waals surface area contributed by atoms with Crippen LogP contribution in [0.1, 0.15) is 39.4 Å². The number of benzene rings is 2. The summed E-state index contributed by atoms with van der Waals surface area (Å²) in [6, 6.07) is 10.6. The number of phenols is 1. The predicted molar refractivity (Wildman–Crippen MR) is 118 cm³/mol. The Balaban J connectivity index is 1.96. The third-order valence-electron chi connectivity index (χ3n) is 5.66. The molecule has 1 aliphatic heterocycles. The Morgan fingerprint density at radius 1 is 1.19 bits per heavy atom. The number of para-hydroxylation sites is 1. The lowest BCUT2D eigenvalue weighted by atomic mass is 9.84. The maximum Gasteiger partial charge on any atom is 0.335 e.